The number of rotatable bonds is 1. The van der Waals surface area contributed by atoms with E-state index in [4.69, 9.17) is 10.5 Å². The summed E-state index contributed by atoms with van der Waals surface area (Å²) in [5, 5.41) is 0. The van der Waals surface area contributed by atoms with Crippen molar-refractivity contribution in [3.05, 3.63) is 29.6 Å². The maximum Gasteiger partial charge on any atom is 0.256 e. The van der Waals surface area contributed by atoms with Gasteiger partial charge in [-0.3, -0.25) is 4.79 Å². The van der Waals surface area contributed by atoms with Gasteiger partial charge < -0.3 is 15.4 Å². The van der Waals surface area contributed by atoms with Crippen LogP contribution in [-0.2, 0) is 4.74 Å². The Kier molecular flexibility index (Phi) is 2.70. The predicted octanol–water partition coefficient (Wildman–Crippen LogP) is 1.41. The van der Waals surface area contributed by atoms with E-state index in [1.807, 2.05) is 0 Å². The maximum atomic E-state index is 13.2. The van der Waals surface area contributed by atoms with Crippen LogP contribution in [0.1, 0.15) is 23.2 Å². The molecule has 2 saturated heterocycles. The molecule has 2 N–H and O–H groups in total. The van der Waals surface area contributed by atoms with E-state index in [1.54, 1.807) is 4.90 Å². The number of halogens is 1. The molecular formula is C13H15FN2O2. The number of hydrogen-bond acceptors (Lipinski definition) is 3. The summed E-state index contributed by atoms with van der Waals surface area (Å²) < 4.78 is 18.9. The number of nitrogens with two attached hydrogens (primary N) is 1. The van der Waals surface area contributed by atoms with Gasteiger partial charge in [-0.05, 0) is 31.0 Å². The molecule has 2 unspecified atom stereocenters. The number of nitrogens with zero attached hydrogens (tertiary/aromatic N) is 1. The second-order valence-corrected chi connectivity index (χ2v) is 4.90. The second kappa shape index (κ2) is 4.24. The molecule has 96 valence electrons. The first-order valence-electron chi connectivity index (χ1n) is 6.13. The predicted molar refractivity (Wildman–Crippen MR) is 64.6 cm³/mol. The van der Waals surface area contributed by atoms with Crippen molar-refractivity contribution in [2.45, 2.75) is 25.0 Å². The molecule has 2 heterocycles. The molecule has 3 rings (SSSR count). The van der Waals surface area contributed by atoms with Gasteiger partial charge in [0.1, 0.15) is 5.82 Å². The third-order valence-corrected chi connectivity index (χ3v) is 3.58. The number of anilines is 1. The topological polar surface area (TPSA) is 55.6 Å². The average molecular weight is 250 g/mol. The number of hydrogen-bond donors (Lipinski definition) is 1. The number of nitrogen functional groups attached to an aromatic ring is 1. The molecule has 0 saturated carbocycles. The third-order valence-electron chi connectivity index (χ3n) is 3.58. The number of fused-ring (bicyclic) bond motifs is 2. The molecule has 2 bridgehead atoms. The summed E-state index contributed by atoms with van der Waals surface area (Å²) in [5.74, 6) is -0.643. The Morgan fingerprint density at radius 1 is 1.33 bits per heavy atom. The van der Waals surface area contributed by atoms with Gasteiger partial charge in [0.15, 0.2) is 0 Å². The van der Waals surface area contributed by atoms with Crippen LogP contribution < -0.4 is 5.73 Å². The molecule has 2 aliphatic rings. The first-order valence-corrected chi connectivity index (χ1v) is 6.13. The van der Waals surface area contributed by atoms with Crippen LogP contribution in [0.5, 0.6) is 0 Å². The Bertz CT molecular complexity index is 480. The monoisotopic (exact) mass is 250 g/mol. The molecule has 0 aromatic heterocycles. The van der Waals surface area contributed by atoms with E-state index in [0.717, 1.165) is 12.8 Å². The van der Waals surface area contributed by atoms with Crippen molar-refractivity contribution in [2.24, 2.45) is 0 Å². The number of likely N-dealkylation sites (tertiary alicyclic amines) is 1. The van der Waals surface area contributed by atoms with Crippen LogP contribution in [0, 0.1) is 5.82 Å². The van der Waals surface area contributed by atoms with Crippen molar-refractivity contribution in [3.8, 4) is 0 Å². The standard InChI is InChI=1S/C13H15FN2O2/c14-8-1-4-12(15)11(5-8)13(17)16-6-9-2-3-10(7-16)18-9/h1,4-5,9-10H,2-3,6-7,15H2. The molecule has 1 aromatic carbocycles. The normalized spacial score (nSPS) is 26.4. The van der Waals surface area contributed by atoms with Crippen LogP contribution in [0.4, 0.5) is 10.1 Å². The van der Waals surface area contributed by atoms with Gasteiger partial charge in [0.2, 0.25) is 0 Å². The van der Waals surface area contributed by atoms with Crippen LogP contribution in [0.2, 0.25) is 0 Å². The molecule has 1 aromatic rings. The largest absolute Gasteiger partial charge is 0.398 e. The number of benzene rings is 1. The zero-order valence-corrected chi connectivity index (χ0v) is 9.93. The van der Waals surface area contributed by atoms with E-state index < -0.39 is 5.82 Å². The number of carbonyl (C=O) groups is 1. The minimum atomic E-state index is -0.441. The zero-order valence-electron chi connectivity index (χ0n) is 9.93. The van der Waals surface area contributed by atoms with E-state index in [9.17, 15) is 9.18 Å². The lowest BCUT2D eigenvalue weighted by Gasteiger charge is -2.32. The van der Waals surface area contributed by atoms with Gasteiger partial charge in [0.25, 0.3) is 5.91 Å². The van der Waals surface area contributed by atoms with Gasteiger partial charge in [-0.2, -0.15) is 0 Å². The van der Waals surface area contributed by atoms with Crippen molar-refractivity contribution in [1.29, 1.82) is 0 Å². The summed E-state index contributed by atoms with van der Waals surface area (Å²) in [6.45, 7) is 1.15. The van der Waals surface area contributed by atoms with Crippen molar-refractivity contribution >= 4 is 11.6 Å². The Labute approximate surface area is 105 Å². The Morgan fingerprint density at radius 2 is 2.00 bits per heavy atom. The fourth-order valence-electron chi connectivity index (χ4n) is 2.66. The smallest absolute Gasteiger partial charge is 0.256 e. The molecule has 0 aliphatic carbocycles. The highest BCUT2D eigenvalue weighted by Gasteiger charge is 2.36. The Balaban J connectivity index is 1.84. The number of morpholine rings is 1. The van der Waals surface area contributed by atoms with Crippen LogP contribution in [0.3, 0.4) is 0 Å². The molecule has 0 spiro atoms. The van der Waals surface area contributed by atoms with Crippen LogP contribution in [0.15, 0.2) is 18.2 Å². The van der Waals surface area contributed by atoms with Gasteiger partial charge in [0, 0.05) is 18.8 Å². The minimum absolute atomic E-state index is 0.127. The first-order chi connectivity index (χ1) is 8.63. The van der Waals surface area contributed by atoms with Crippen molar-refractivity contribution in [1.82, 2.24) is 4.90 Å². The van der Waals surface area contributed by atoms with E-state index in [-0.39, 0.29) is 23.7 Å². The first kappa shape index (κ1) is 11.5. The van der Waals surface area contributed by atoms with Crippen LogP contribution in [-0.4, -0.2) is 36.1 Å². The van der Waals surface area contributed by atoms with Gasteiger partial charge in [0.05, 0.1) is 17.8 Å². The van der Waals surface area contributed by atoms with E-state index in [1.165, 1.54) is 18.2 Å². The van der Waals surface area contributed by atoms with E-state index >= 15 is 0 Å². The number of ether oxygens (including phenoxy) is 1. The summed E-state index contributed by atoms with van der Waals surface area (Å²) in [7, 11) is 0. The number of amides is 1. The quantitative estimate of drug-likeness (QED) is 0.767. The summed E-state index contributed by atoms with van der Waals surface area (Å²) in [4.78, 5) is 14.0. The summed E-state index contributed by atoms with van der Waals surface area (Å²) in [6.07, 6.45) is 2.24. The summed E-state index contributed by atoms with van der Waals surface area (Å²) in [6, 6.07) is 3.89. The maximum absolute atomic E-state index is 13.2. The molecule has 5 heteroatoms. The Morgan fingerprint density at radius 3 is 2.67 bits per heavy atom. The summed E-state index contributed by atoms with van der Waals surface area (Å²) >= 11 is 0. The molecular weight excluding hydrogens is 235 g/mol. The molecule has 2 atom stereocenters. The summed E-state index contributed by atoms with van der Waals surface area (Å²) in [5.41, 5.74) is 6.30. The second-order valence-electron chi connectivity index (χ2n) is 4.90. The lowest BCUT2D eigenvalue weighted by molar-refractivity contribution is -0.0303. The molecule has 1 amide bonds. The van der Waals surface area contributed by atoms with E-state index in [2.05, 4.69) is 0 Å². The highest BCUT2D eigenvalue weighted by molar-refractivity contribution is 5.99. The van der Waals surface area contributed by atoms with Crippen molar-refractivity contribution < 1.29 is 13.9 Å². The van der Waals surface area contributed by atoms with Gasteiger partial charge >= 0.3 is 0 Å². The van der Waals surface area contributed by atoms with Gasteiger partial charge in [-0.15, -0.1) is 0 Å². The average Bonchev–Trinajstić information content (AvgIpc) is 2.70. The van der Waals surface area contributed by atoms with Gasteiger partial charge in [-0.1, -0.05) is 0 Å². The van der Waals surface area contributed by atoms with E-state index in [0.29, 0.717) is 18.8 Å². The van der Waals surface area contributed by atoms with Crippen molar-refractivity contribution in [3.63, 3.8) is 0 Å². The molecule has 2 aliphatic heterocycles. The molecule has 18 heavy (non-hydrogen) atoms. The fraction of sp³-hybridized carbons (Fsp3) is 0.462. The highest BCUT2D eigenvalue weighted by atomic mass is 19.1. The number of carbonyl (C=O) groups excluding carboxylic acids is 1. The molecule has 0 radical (unpaired) electrons. The highest BCUT2D eigenvalue weighted by Crippen LogP contribution is 2.28. The molecule has 2 fully saturated rings. The van der Waals surface area contributed by atoms with Crippen molar-refractivity contribution in [2.75, 3.05) is 18.8 Å². The Hall–Kier alpha value is -1.62. The third kappa shape index (κ3) is 1.95. The van der Waals surface area contributed by atoms with Gasteiger partial charge in [-0.25, -0.2) is 4.39 Å². The van der Waals surface area contributed by atoms with Crippen LogP contribution >= 0.6 is 0 Å². The fourth-order valence-corrected chi connectivity index (χ4v) is 2.66. The SMILES string of the molecule is Nc1ccc(F)cc1C(=O)N1CC2CCC(C1)O2. The zero-order chi connectivity index (χ0) is 12.7. The minimum Gasteiger partial charge on any atom is -0.398 e. The van der Waals surface area contributed by atoms with Crippen LogP contribution in [0.25, 0.3) is 0 Å². The lowest BCUT2D eigenvalue weighted by atomic mass is 10.1. The lowest BCUT2D eigenvalue weighted by Crippen LogP contribution is -2.46. The molecule has 4 nitrogen and oxygen atoms in total.